The minimum atomic E-state index is -0.682. The van der Waals surface area contributed by atoms with Crippen LogP contribution in [-0.4, -0.2) is 41.6 Å². The topological polar surface area (TPSA) is 60.9 Å². The number of anilines is 1. The Labute approximate surface area is 144 Å². The van der Waals surface area contributed by atoms with Gasteiger partial charge >= 0.3 is 12.0 Å². The maximum absolute atomic E-state index is 12.9. The van der Waals surface area contributed by atoms with Gasteiger partial charge in [-0.1, -0.05) is 18.2 Å². The quantitative estimate of drug-likeness (QED) is 0.861. The van der Waals surface area contributed by atoms with E-state index in [1.165, 1.54) is 0 Å². The monoisotopic (exact) mass is 332 g/mol. The standard InChI is InChI=1S/C19H28N2O3/c1-3-20(14-15-10-12-16(13-11-15)18(22)23)19(24)21(4-2)17-8-6-5-7-9-17/h5-9,15-16H,3-4,10-14H2,1-2H3,(H,22,23). The summed E-state index contributed by atoms with van der Waals surface area (Å²) in [6.07, 6.45) is 3.22. The van der Waals surface area contributed by atoms with Gasteiger partial charge in [0.15, 0.2) is 0 Å². The van der Waals surface area contributed by atoms with Crippen molar-refractivity contribution in [3.63, 3.8) is 0 Å². The summed E-state index contributed by atoms with van der Waals surface area (Å²) in [6.45, 7) is 5.99. The molecule has 0 unspecified atom stereocenters. The molecule has 2 rings (SSSR count). The van der Waals surface area contributed by atoms with Gasteiger partial charge in [-0.25, -0.2) is 4.79 Å². The van der Waals surface area contributed by atoms with Crippen molar-refractivity contribution in [2.75, 3.05) is 24.5 Å². The molecule has 0 atom stereocenters. The first kappa shape index (κ1) is 18.3. The van der Waals surface area contributed by atoms with Crippen LogP contribution in [0.5, 0.6) is 0 Å². The molecule has 0 saturated heterocycles. The summed E-state index contributed by atoms with van der Waals surface area (Å²) in [6, 6.07) is 9.76. The van der Waals surface area contributed by atoms with Gasteiger partial charge in [0.05, 0.1) is 5.92 Å². The van der Waals surface area contributed by atoms with E-state index in [4.69, 9.17) is 5.11 Å². The highest BCUT2D eigenvalue weighted by Gasteiger charge is 2.29. The summed E-state index contributed by atoms with van der Waals surface area (Å²) >= 11 is 0. The number of benzene rings is 1. The lowest BCUT2D eigenvalue weighted by Crippen LogP contribution is -2.45. The molecule has 132 valence electrons. The van der Waals surface area contributed by atoms with Crippen molar-refractivity contribution < 1.29 is 14.7 Å². The van der Waals surface area contributed by atoms with E-state index < -0.39 is 5.97 Å². The number of hydrogen-bond donors (Lipinski definition) is 1. The molecule has 5 nitrogen and oxygen atoms in total. The SMILES string of the molecule is CCN(CC1CCC(C(=O)O)CC1)C(=O)N(CC)c1ccccc1. The van der Waals surface area contributed by atoms with Gasteiger partial charge in [-0.15, -0.1) is 0 Å². The summed E-state index contributed by atoms with van der Waals surface area (Å²) in [5.41, 5.74) is 0.915. The Morgan fingerprint density at radius 2 is 1.67 bits per heavy atom. The Balaban J connectivity index is 1.97. The van der Waals surface area contributed by atoms with Crippen LogP contribution in [0.3, 0.4) is 0 Å². The number of carboxylic acid groups (broad SMARTS) is 1. The molecule has 0 bridgehead atoms. The van der Waals surface area contributed by atoms with Gasteiger partial charge in [-0.2, -0.15) is 0 Å². The zero-order chi connectivity index (χ0) is 17.5. The van der Waals surface area contributed by atoms with Crippen LogP contribution in [0, 0.1) is 11.8 Å². The molecule has 0 aliphatic heterocycles. The predicted octanol–water partition coefficient (Wildman–Crippen LogP) is 3.85. The van der Waals surface area contributed by atoms with Gasteiger partial charge < -0.3 is 10.0 Å². The Bertz CT molecular complexity index is 539. The molecule has 24 heavy (non-hydrogen) atoms. The van der Waals surface area contributed by atoms with Crippen LogP contribution < -0.4 is 4.90 Å². The Morgan fingerprint density at radius 1 is 1.04 bits per heavy atom. The van der Waals surface area contributed by atoms with Crippen molar-refractivity contribution >= 4 is 17.7 Å². The maximum Gasteiger partial charge on any atom is 0.324 e. The van der Waals surface area contributed by atoms with E-state index in [0.29, 0.717) is 25.6 Å². The average molecular weight is 332 g/mol. The van der Waals surface area contributed by atoms with Crippen LogP contribution in [0.25, 0.3) is 0 Å². The zero-order valence-electron chi connectivity index (χ0n) is 14.6. The minimum Gasteiger partial charge on any atom is -0.481 e. The van der Waals surface area contributed by atoms with Gasteiger partial charge in [0, 0.05) is 25.3 Å². The molecule has 1 N–H and O–H groups in total. The number of rotatable bonds is 6. The molecule has 0 spiro atoms. The van der Waals surface area contributed by atoms with E-state index in [1.807, 2.05) is 49.1 Å². The third-order valence-electron chi connectivity index (χ3n) is 4.94. The van der Waals surface area contributed by atoms with Crippen molar-refractivity contribution in [3.8, 4) is 0 Å². The summed E-state index contributed by atoms with van der Waals surface area (Å²) in [7, 11) is 0. The number of para-hydroxylation sites is 1. The second-order valence-corrected chi connectivity index (χ2v) is 6.46. The van der Waals surface area contributed by atoms with Crippen LogP contribution in [0.2, 0.25) is 0 Å². The van der Waals surface area contributed by atoms with Crippen molar-refractivity contribution in [1.29, 1.82) is 0 Å². The molecular formula is C19H28N2O3. The molecule has 1 aromatic carbocycles. The number of carbonyl (C=O) groups excluding carboxylic acids is 1. The molecule has 1 aliphatic carbocycles. The minimum absolute atomic E-state index is 0.0339. The molecular weight excluding hydrogens is 304 g/mol. The maximum atomic E-state index is 12.9. The van der Waals surface area contributed by atoms with Gasteiger partial charge in [0.1, 0.15) is 0 Å². The van der Waals surface area contributed by atoms with Gasteiger partial charge in [0.25, 0.3) is 0 Å². The normalized spacial score (nSPS) is 20.4. The van der Waals surface area contributed by atoms with Crippen molar-refractivity contribution in [1.82, 2.24) is 4.90 Å². The van der Waals surface area contributed by atoms with Gasteiger partial charge in [0.2, 0.25) is 0 Å². The lowest BCUT2D eigenvalue weighted by atomic mass is 9.82. The second-order valence-electron chi connectivity index (χ2n) is 6.46. The van der Waals surface area contributed by atoms with E-state index in [-0.39, 0.29) is 11.9 Å². The largest absolute Gasteiger partial charge is 0.481 e. The molecule has 1 aromatic rings. The lowest BCUT2D eigenvalue weighted by Gasteiger charge is -2.34. The molecule has 5 heteroatoms. The number of carboxylic acids is 1. The second kappa shape index (κ2) is 8.71. The molecule has 0 aromatic heterocycles. The number of hydrogen-bond acceptors (Lipinski definition) is 2. The fourth-order valence-electron chi connectivity index (χ4n) is 3.45. The van der Waals surface area contributed by atoms with Crippen molar-refractivity contribution in [2.24, 2.45) is 11.8 Å². The van der Waals surface area contributed by atoms with Crippen LogP contribution in [-0.2, 0) is 4.79 Å². The zero-order valence-corrected chi connectivity index (χ0v) is 14.6. The molecule has 1 fully saturated rings. The summed E-state index contributed by atoms with van der Waals surface area (Å²) in [4.78, 5) is 27.7. The Kier molecular flexibility index (Phi) is 6.64. The average Bonchev–Trinajstić information content (AvgIpc) is 2.61. The van der Waals surface area contributed by atoms with Crippen LogP contribution in [0.15, 0.2) is 30.3 Å². The van der Waals surface area contributed by atoms with Gasteiger partial charge in [-0.05, 0) is 57.6 Å². The summed E-state index contributed by atoms with van der Waals surface area (Å²) in [5.74, 6) is -0.486. The Hall–Kier alpha value is -2.04. The third kappa shape index (κ3) is 4.49. The van der Waals surface area contributed by atoms with Crippen LogP contribution in [0.1, 0.15) is 39.5 Å². The fraction of sp³-hybridized carbons (Fsp3) is 0.579. The number of carbonyl (C=O) groups is 2. The van der Waals surface area contributed by atoms with Crippen LogP contribution in [0.4, 0.5) is 10.5 Å². The van der Waals surface area contributed by atoms with Gasteiger partial charge in [-0.3, -0.25) is 9.69 Å². The van der Waals surface area contributed by atoms with E-state index in [1.54, 1.807) is 4.90 Å². The van der Waals surface area contributed by atoms with E-state index in [2.05, 4.69) is 0 Å². The molecule has 1 aliphatic rings. The number of aliphatic carboxylic acids is 1. The first-order valence-electron chi connectivity index (χ1n) is 8.91. The highest BCUT2D eigenvalue weighted by molar-refractivity contribution is 5.91. The first-order chi connectivity index (χ1) is 11.6. The summed E-state index contributed by atoms with van der Waals surface area (Å²) in [5, 5.41) is 9.10. The van der Waals surface area contributed by atoms with Crippen molar-refractivity contribution in [2.45, 2.75) is 39.5 Å². The lowest BCUT2D eigenvalue weighted by molar-refractivity contribution is -0.143. The highest BCUT2D eigenvalue weighted by Crippen LogP contribution is 2.30. The van der Waals surface area contributed by atoms with Crippen molar-refractivity contribution in [3.05, 3.63) is 30.3 Å². The fourth-order valence-corrected chi connectivity index (χ4v) is 3.45. The number of urea groups is 1. The molecule has 1 saturated carbocycles. The van der Waals surface area contributed by atoms with Crippen LogP contribution >= 0.6 is 0 Å². The highest BCUT2D eigenvalue weighted by atomic mass is 16.4. The van der Waals surface area contributed by atoms with E-state index in [0.717, 1.165) is 31.4 Å². The molecule has 2 amide bonds. The smallest absolute Gasteiger partial charge is 0.324 e. The predicted molar refractivity (Wildman–Crippen MR) is 95.2 cm³/mol. The first-order valence-corrected chi connectivity index (χ1v) is 8.91. The van der Waals surface area contributed by atoms with E-state index >= 15 is 0 Å². The van der Waals surface area contributed by atoms with E-state index in [9.17, 15) is 9.59 Å². The number of amides is 2. The molecule has 0 radical (unpaired) electrons. The summed E-state index contributed by atoms with van der Waals surface area (Å²) < 4.78 is 0. The number of nitrogens with zero attached hydrogens (tertiary/aromatic N) is 2. The molecule has 0 heterocycles. The Morgan fingerprint density at radius 3 is 2.17 bits per heavy atom. The third-order valence-corrected chi connectivity index (χ3v) is 4.94.